The summed E-state index contributed by atoms with van der Waals surface area (Å²) in [4.78, 5) is 1.87. The van der Waals surface area contributed by atoms with Crippen LogP contribution in [0.5, 0.6) is 11.5 Å². The molecule has 16 heavy (non-hydrogen) atoms. The first-order valence-electron chi connectivity index (χ1n) is 4.67. The summed E-state index contributed by atoms with van der Waals surface area (Å²) in [5, 5.41) is 18.7. The van der Waals surface area contributed by atoms with Crippen LogP contribution in [-0.4, -0.2) is 10.2 Å². The maximum Gasteiger partial charge on any atom is 0.130 e. The molecule has 0 fully saturated rings. The van der Waals surface area contributed by atoms with Crippen molar-refractivity contribution >= 4 is 21.6 Å². The number of benzene rings is 2. The summed E-state index contributed by atoms with van der Waals surface area (Å²) in [7, 11) is 3.03. The molecule has 4 heteroatoms. The Bertz CT molecular complexity index is 469. The standard InChI is InChI=1S/C12H10O2S2/c13-9-5-7-10(8-6-9)15-16-12-4-2-1-3-11(12)14/h1-8,13-14H. The second-order valence-electron chi connectivity index (χ2n) is 3.13. The van der Waals surface area contributed by atoms with Crippen LogP contribution < -0.4 is 0 Å². The van der Waals surface area contributed by atoms with Gasteiger partial charge in [0.15, 0.2) is 0 Å². The number of aromatic hydroxyl groups is 2. The average Bonchev–Trinajstić information content (AvgIpc) is 2.30. The fourth-order valence-electron chi connectivity index (χ4n) is 1.12. The minimum Gasteiger partial charge on any atom is -0.508 e. The molecule has 2 N–H and O–H groups in total. The Hall–Kier alpha value is -1.26. The lowest BCUT2D eigenvalue weighted by Crippen LogP contribution is -1.71. The summed E-state index contributed by atoms with van der Waals surface area (Å²) in [5.41, 5.74) is 0. The first-order chi connectivity index (χ1) is 7.75. The van der Waals surface area contributed by atoms with E-state index in [9.17, 15) is 5.11 Å². The van der Waals surface area contributed by atoms with Gasteiger partial charge >= 0.3 is 0 Å². The molecule has 0 spiro atoms. The van der Waals surface area contributed by atoms with E-state index in [4.69, 9.17) is 5.11 Å². The van der Waals surface area contributed by atoms with Crippen LogP contribution >= 0.6 is 21.6 Å². The topological polar surface area (TPSA) is 40.5 Å². The summed E-state index contributed by atoms with van der Waals surface area (Å²) >= 11 is 0. The molecule has 0 amide bonds. The van der Waals surface area contributed by atoms with Crippen molar-refractivity contribution in [3.8, 4) is 11.5 Å². The number of rotatable bonds is 3. The molecule has 2 rings (SSSR count). The van der Waals surface area contributed by atoms with Crippen molar-refractivity contribution in [3.63, 3.8) is 0 Å². The Morgan fingerprint density at radius 2 is 1.44 bits per heavy atom. The van der Waals surface area contributed by atoms with Crippen molar-refractivity contribution in [2.75, 3.05) is 0 Å². The number of hydrogen-bond acceptors (Lipinski definition) is 4. The molecule has 0 aliphatic rings. The molecular formula is C12H10O2S2. The summed E-state index contributed by atoms with van der Waals surface area (Å²) in [6, 6.07) is 14.2. The zero-order valence-electron chi connectivity index (χ0n) is 8.33. The average molecular weight is 250 g/mol. The van der Waals surface area contributed by atoms with Gasteiger partial charge in [0.25, 0.3) is 0 Å². The zero-order chi connectivity index (χ0) is 11.4. The van der Waals surface area contributed by atoms with Crippen molar-refractivity contribution in [1.82, 2.24) is 0 Å². The Labute approximate surface area is 102 Å². The van der Waals surface area contributed by atoms with E-state index in [0.29, 0.717) is 5.75 Å². The quantitative estimate of drug-likeness (QED) is 0.811. The van der Waals surface area contributed by atoms with Gasteiger partial charge < -0.3 is 10.2 Å². The van der Waals surface area contributed by atoms with E-state index in [2.05, 4.69) is 0 Å². The molecule has 0 radical (unpaired) electrons. The first kappa shape index (κ1) is 11.2. The third kappa shape index (κ3) is 2.87. The van der Waals surface area contributed by atoms with Crippen LogP contribution in [-0.2, 0) is 0 Å². The van der Waals surface area contributed by atoms with Crippen molar-refractivity contribution < 1.29 is 10.2 Å². The van der Waals surface area contributed by atoms with Crippen LogP contribution in [0.3, 0.4) is 0 Å². The van der Waals surface area contributed by atoms with Crippen LogP contribution in [0.2, 0.25) is 0 Å². The highest BCUT2D eigenvalue weighted by Crippen LogP contribution is 2.41. The van der Waals surface area contributed by atoms with Gasteiger partial charge in [0, 0.05) is 4.90 Å². The van der Waals surface area contributed by atoms with Crippen molar-refractivity contribution in [1.29, 1.82) is 0 Å². The smallest absolute Gasteiger partial charge is 0.130 e. The van der Waals surface area contributed by atoms with Gasteiger partial charge in [0.2, 0.25) is 0 Å². The zero-order valence-corrected chi connectivity index (χ0v) is 9.96. The van der Waals surface area contributed by atoms with E-state index in [1.807, 2.05) is 24.3 Å². The van der Waals surface area contributed by atoms with Crippen molar-refractivity contribution in [2.45, 2.75) is 9.79 Å². The molecule has 0 aliphatic carbocycles. The highest BCUT2D eigenvalue weighted by atomic mass is 33.1. The van der Waals surface area contributed by atoms with Crippen LogP contribution in [0.25, 0.3) is 0 Å². The van der Waals surface area contributed by atoms with Crippen LogP contribution in [0.4, 0.5) is 0 Å². The number of phenols is 2. The molecule has 2 aromatic carbocycles. The molecule has 0 saturated carbocycles. The van der Waals surface area contributed by atoms with Gasteiger partial charge in [-0.15, -0.1) is 0 Å². The van der Waals surface area contributed by atoms with E-state index in [1.54, 1.807) is 35.1 Å². The minimum atomic E-state index is 0.261. The molecule has 0 aliphatic heterocycles. The van der Waals surface area contributed by atoms with Gasteiger partial charge in [-0.25, -0.2) is 0 Å². The third-order valence-electron chi connectivity index (χ3n) is 1.93. The lowest BCUT2D eigenvalue weighted by atomic mass is 10.3. The van der Waals surface area contributed by atoms with Gasteiger partial charge in [-0.3, -0.25) is 0 Å². The van der Waals surface area contributed by atoms with E-state index < -0.39 is 0 Å². The summed E-state index contributed by atoms with van der Waals surface area (Å²) in [6.07, 6.45) is 0. The highest BCUT2D eigenvalue weighted by molar-refractivity contribution is 8.76. The van der Waals surface area contributed by atoms with Gasteiger partial charge in [-0.05, 0) is 47.2 Å². The molecular weight excluding hydrogens is 240 g/mol. The minimum absolute atomic E-state index is 0.261. The Kier molecular flexibility index (Phi) is 3.64. The molecule has 0 unspecified atom stereocenters. The van der Waals surface area contributed by atoms with Gasteiger partial charge in [-0.1, -0.05) is 22.9 Å². The molecule has 2 nitrogen and oxygen atoms in total. The molecule has 0 atom stereocenters. The maximum atomic E-state index is 9.56. The van der Waals surface area contributed by atoms with Crippen LogP contribution in [0.1, 0.15) is 0 Å². The predicted octanol–water partition coefficient (Wildman–Crippen LogP) is 3.90. The highest BCUT2D eigenvalue weighted by Gasteiger charge is 2.01. The maximum absolute atomic E-state index is 9.56. The van der Waals surface area contributed by atoms with Gasteiger partial charge in [0.05, 0.1) is 4.90 Å². The fraction of sp³-hybridized carbons (Fsp3) is 0. The van der Waals surface area contributed by atoms with Gasteiger partial charge in [0.1, 0.15) is 11.5 Å². The summed E-state index contributed by atoms with van der Waals surface area (Å²) in [5.74, 6) is 0.552. The molecule has 0 aromatic heterocycles. The number of hydrogen-bond donors (Lipinski definition) is 2. The second-order valence-corrected chi connectivity index (χ2v) is 5.37. The Morgan fingerprint density at radius 1 is 0.750 bits per heavy atom. The fourth-order valence-corrected chi connectivity index (χ4v) is 3.16. The summed E-state index contributed by atoms with van der Waals surface area (Å²) in [6.45, 7) is 0. The largest absolute Gasteiger partial charge is 0.508 e. The second kappa shape index (κ2) is 5.18. The van der Waals surface area contributed by atoms with E-state index in [1.165, 1.54) is 10.8 Å². The number of para-hydroxylation sites is 1. The van der Waals surface area contributed by atoms with E-state index in [-0.39, 0.29) is 5.75 Å². The van der Waals surface area contributed by atoms with E-state index >= 15 is 0 Å². The van der Waals surface area contributed by atoms with Crippen molar-refractivity contribution in [3.05, 3.63) is 48.5 Å². The lowest BCUT2D eigenvalue weighted by Gasteiger charge is -2.03. The number of phenolic OH excluding ortho intramolecular Hbond substituents is 2. The molecule has 82 valence electrons. The molecule has 2 aromatic rings. The first-order valence-corrected chi connectivity index (χ1v) is 6.82. The van der Waals surface area contributed by atoms with Crippen LogP contribution in [0, 0.1) is 0 Å². The molecule has 0 heterocycles. The Balaban J connectivity index is 2.02. The van der Waals surface area contributed by atoms with Crippen LogP contribution in [0.15, 0.2) is 58.3 Å². The normalized spacial score (nSPS) is 10.2. The summed E-state index contributed by atoms with van der Waals surface area (Å²) < 4.78 is 0. The predicted molar refractivity (Wildman–Crippen MR) is 67.9 cm³/mol. The van der Waals surface area contributed by atoms with E-state index in [0.717, 1.165) is 9.79 Å². The van der Waals surface area contributed by atoms with Crippen molar-refractivity contribution in [2.24, 2.45) is 0 Å². The monoisotopic (exact) mass is 250 g/mol. The lowest BCUT2D eigenvalue weighted by molar-refractivity contribution is 0.462. The van der Waals surface area contributed by atoms with Gasteiger partial charge in [-0.2, -0.15) is 0 Å². The Morgan fingerprint density at radius 3 is 2.12 bits per heavy atom. The SMILES string of the molecule is Oc1ccc(SSc2ccccc2O)cc1. The molecule has 0 saturated heterocycles. The molecule has 0 bridgehead atoms. The third-order valence-corrected chi connectivity index (χ3v) is 4.37.